The fourth-order valence-corrected chi connectivity index (χ4v) is 9.59. The second kappa shape index (κ2) is 6.30. The van der Waals surface area contributed by atoms with E-state index in [1.54, 1.807) is 23.5 Å². The van der Waals surface area contributed by atoms with Crippen LogP contribution in [0.5, 0.6) is 0 Å². The minimum absolute atomic E-state index is 0.344. The zero-order valence-corrected chi connectivity index (χ0v) is 18.0. The van der Waals surface area contributed by atoms with Gasteiger partial charge in [0.1, 0.15) is 0 Å². The minimum atomic E-state index is -2.17. The Kier molecular flexibility index (Phi) is 4.68. The molecule has 3 rings (SSSR count). The van der Waals surface area contributed by atoms with Crippen molar-refractivity contribution in [3.63, 3.8) is 0 Å². The number of hydrogen-bond acceptors (Lipinski definition) is 2. The van der Waals surface area contributed by atoms with E-state index in [0.29, 0.717) is 11.1 Å². The summed E-state index contributed by atoms with van der Waals surface area (Å²) in [5, 5.41) is 0. The molecule has 0 bridgehead atoms. The van der Waals surface area contributed by atoms with Crippen LogP contribution in [-0.4, -0.2) is 18.4 Å². The van der Waals surface area contributed by atoms with Crippen LogP contribution in [-0.2, 0) is 0 Å². The van der Waals surface area contributed by atoms with Gasteiger partial charge in [-0.3, -0.25) is 0 Å². The van der Waals surface area contributed by atoms with Crippen molar-refractivity contribution in [1.29, 1.82) is 0 Å². The molecule has 2 heterocycles. The summed E-state index contributed by atoms with van der Waals surface area (Å²) in [5.74, 6) is -1.50. The molecule has 0 N–H and O–H groups in total. The molecule has 5 heteroatoms. The Morgan fingerprint density at radius 3 is 1.70 bits per heavy atom. The van der Waals surface area contributed by atoms with Crippen molar-refractivity contribution in [2.45, 2.75) is 21.7 Å². The van der Waals surface area contributed by atoms with E-state index in [1.807, 2.05) is 25.1 Å². The Morgan fingerprint density at radius 1 is 0.739 bits per heavy atom. The van der Waals surface area contributed by atoms with Crippen LogP contribution >= 0.6 is 22.7 Å². The molecule has 2 aromatic heterocycles. The van der Waals surface area contributed by atoms with Gasteiger partial charge in [0, 0.05) is 0 Å². The molecule has 3 aromatic rings. The molecule has 0 atom stereocenters. The van der Waals surface area contributed by atoms with E-state index >= 15 is 0 Å². The first-order chi connectivity index (χ1) is 10.8. The Labute approximate surface area is 147 Å². The van der Waals surface area contributed by atoms with Gasteiger partial charge in [-0.05, 0) is 0 Å². The third-order valence-electron chi connectivity index (χ3n) is 3.70. The molecule has 120 valence electrons. The molecule has 1 aromatic carbocycles. The summed E-state index contributed by atoms with van der Waals surface area (Å²) < 4.78 is 30.5. The topological polar surface area (TPSA) is 0 Å². The first-order valence-electron chi connectivity index (χ1n) is 7.43. The summed E-state index contributed by atoms with van der Waals surface area (Å²) in [7, 11) is 0. The molecule has 0 aliphatic heterocycles. The Balaban J connectivity index is 2.05. The summed E-state index contributed by atoms with van der Waals surface area (Å²) in [6.07, 6.45) is 0. The fraction of sp³-hybridized carbons (Fsp3) is 0.222. The van der Waals surface area contributed by atoms with Gasteiger partial charge in [0.15, 0.2) is 0 Å². The zero-order chi connectivity index (χ0) is 16.8. The number of rotatable bonds is 3. The third-order valence-corrected chi connectivity index (χ3v) is 15.3. The standard InChI is InChI=1S/C15H9F2S2.3CH3.Sn/c1-9-4-7-13(19-9)11-6-5-10(14(16)15(11)17)12-3-2-8-18-12;;;;/h2-7H,1H3;3*1H3;. The van der Waals surface area contributed by atoms with Gasteiger partial charge in [-0.25, -0.2) is 0 Å². The van der Waals surface area contributed by atoms with Gasteiger partial charge in [0.05, 0.1) is 0 Å². The van der Waals surface area contributed by atoms with Gasteiger partial charge in [-0.15, -0.1) is 0 Å². The van der Waals surface area contributed by atoms with E-state index in [1.165, 1.54) is 14.2 Å². The van der Waals surface area contributed by atoms with Crippen LogP contribution in [0.1, 0.15) is 4.88 Å². The van der Waals surface area contributed by atoms with Crippen molar-refractivity contribution in [3.8, 4) is 20.9 Å². The molecule has 0 spiro atoms. The van der Waals surface area contributed by atoms with E-state index in [4.69, 9.17) is 0 Å². The van der Waals surface area contributed by atoms with Crippen LogP contribution in [0.4, 0.5) is 8.78 Å². The fourth-order valence-electron chi connectivity index (χ4n) is 2.40. The molecule has 0 nitrogen and oxygen atoms in total. The molecule has 0 fully saturated rings. The van der Waals surface area contributed by atoms with Gasteiger partial charge in [-0.1, -0.05) is 0 Å². The normalized spacial score (nSPS) is 11.9. The molecule has 0 saturated heterocycles. The summed E-state index contributed by atoms with van der Waals surface area (Å²) in [4.78, 5) is 9.64. The van der Waals surface area contributed by atoms with E-state index < -0.39 is 30.0 Å². The van der Waals surface area contributed by atoms with Gasteiger partial charge >= 0.3 is 148 Å². The number of thiophene rings is 2. The van der Waals surface area contributed by atoms with Crippen LogP contribution in [0, 0.1) is 18.6 Å². The van der Waals surface area contributed by atoms with Gasteiger partial charge in [0.25, 0.3) is 0 Å². The van der Waals surface area contributed by atoms with Crippen LogP contribution in [0.15, 0.2) is 36.4 Å². The van der Waals surface area contributed by atoms with Crippen molar-refractivity contribution in [2.24, 2.45) is 0 Å². The van der Waals surface area contributed by atoms with E-state index in [-0.39, 0.29) is 0 Å². The molecule has 0 aliphatic rings. The maximum absolute atomic E-state index is 14.6. The second-order valence-electron chi connectivity index (χ2n) is 6.61. The van der Waals surface area contributed by atoms with Gasteiger partial charge in [0.2, 0.25) is 0 Å². The number of hydrogen-bond donors (Lipinski definition) is 0. The molecular weight excluding hydrogens is 437 g/mol. The van der Waals surface area contributed by atoms with E-state index in [9.17, 15) is 8.78 Å². The molecule has 0 unspecified atom stereocenters. The molecular formula is C18H18F2S2Sn. The quantitative estimate of drug-likeness (QED) is 0.409. The Morgan fingerprint density at radius 2 is 1.26 bits per heavy atom. The van der Waals surface area contributed by atoms with Crippen molar-refractivity contribution in [3.05, 3.63) is 52.9 Å². The Bertz CT molecular complexity index is 856. The summed E-state index contributed by atoms with van der Waals surface area (Å²) in [6.45, 7) is 1.96. The van der Waals surface area contributed by atoms with Crippen LogP contribution < -0.4 is 2.89 Å². The predicted molar refractivity (Wildman–Crippen MR) is 101 cm³/mol. The van der Waals surface area contributed by atoms with Crippen LogP contribution in [0.2, 0.25) is 14.8 Å². The van der Waals surface area contributed by atoms with Crippen LogP contribution in [0.25, 0.3) is 20.9 Å². The summed E-state index contributed by atoms with van der Waals surface area (Å²) in [5.41, 5.74) is 0.711. The van der Waals surface area contributed by atoms with Crippen molar-refractivity contribution < 1.29 is 8.78 Å². The first-order valence-corrected chi connectivity index (χ1v) is 19.0. The first kappa shape index (κ1) is 17.1. The molecule has 23 heavy (non-hydrogen) atoms. The van der Waals surface area contributed by atoms with Crippen molar-refractivity contribution in [1.82, 2.24) is 0 Å². The zero-order valence-electron chi connectivity index (χ0n) is 13.5. The molecule has 0 amide bonds. The monoisotopic (exact) mass is 456 g/mol. The number of halogens is 2. The average Bonchev–Trinajstić information content (AvgIpc) is 3.10. The van der Waals surface area contributed by atoms with Crippen LogP contribution in [0.3, 0.4) is 0 Å². The number of aryl methyl sites for hydroxylation is 1. The summed E-state index contributed by atoms with van der Waals surface area (Å²) in [6, 6.07) is 11.2. The second-order valence-corrected chi connectivity index (χ2v) is 24.4. The van der Waals surface area contributed by atoms with Crippen molar-refractivity contribution >= 4 is 43.9 Å². The Hall–Kier alpha value is -0.721. The van der Waals surface area contributed by atoms with Crippen molar-refractivity contribution in [2.75, 3.05) is 0 Å². The number of benzene rings is 1. The molecule has 0 radical (unpaired) electrons. The van der Waals surface area contributed by atoms with Gasteiger partial charge in [-0.2, -0.15) is 0 Å². The maximum atomic E-state index is 14.6. The average molecular weight is 455 g/mol. The van der Waals surface area contributed by atoms with E-state index in [2.05, 4.69) is 20.9 Å². The third kappa shape index (κ3) is 3.39. The van der Waals surface area contributed by atoms with Gasteiger partial charge < -0.3 is 0 Å². The molecule has 0 saturated carbocycles. The SMILES string of the molecule is Cc1ccc(-c2ccc(-c3cc[c]([Sn]([CH3])([CH3])[CH3])s3)c(F)c2F)s1. The van der Waals surface area contributed by atoms with E-state index in [0.717, 1.165) is 14.6 Å². The summed E-state index contributed by atoms with van der Waals surface area (Å²) >= 11 is 0.918. The predicted octanol–water partition coefficient (Wildman–Crippen LogP) is 6.28. The molecule has 0 aliphatic carbocycles.